The number of rotatable bonds is 3. The summed E-state index contributed by atoms with van der Waals surface area (Å²) in [5.41, 5.74) is 1.98. The van der Waals surface area contributed by atoms with Gasteiger partial charge in [-0.25, -0.2) is 0 Å². The number of aromatic nitrogens is 3. The van der Waals surface area contributed by atoms with E-state index in [0.29, 0.717) is 35.0 Å². The average Bonchev–Trinajstić information content (AvgIpc) is 3.04. The van der Waals surface area contributed by atoms with Gasteiger partial charge < -0.3 is 9.47 Å². The number of amides is 1. The van der Waals surface area contributed by atoms with Gasteiger partial charge in [-0.3, -0.25) is 9.59 Å². The second-order valence-corrected chi connectivity index (χ2v) is 7.32. The molecule has 3 aliphatic heterocycles. The van der Waals surface area contributed by atoms with Crippen molar-refractivity contribution in [3.8, 4) is 16.9 Å². The van der Waals surface area contributed by atoms with Crippen LogP contribution in [0.15, 0.2) is 47.5 Å². The van der Waals surface area contributed by atoms with Crippen LogP contribution in [-0.2, 0) is 6.54 Å². The van der Waals surface area contributed by atoms with Crippen molar-refractivity contribution in [3.05, 3.63) is 58.6 Å². The van der Waals surface area contributed by atoms with Crippen molar-refractivity contribution in [2.45, 2.75) is 33.2 Å². The molecular formula is C21H24N4O2. The largest absolute Gasteiger partial charge is 0.353 e. The molecule has 1 aromatic rings. The Morgan fingerprint density at radius 1 is 1.22 bits per heavy atom. The van der Waals surface area contributed by atoms with Gasteiger partial charge in [-0.1, -0.05) is 25.1 Å². The summed E-state index contributed by atoms with van der Waals surface area (Å²) >= 11 is 0. The zero-order chi connectivity index (χ0) is 19.0. The Balaban J connectivity index is 1.85. The van der Waals surface area contributed by atoms with E-state index in [2.05, 4.69) is 12.0 Å². The molecule has 1 saturated heterocycles. The van der Waals surface area contributed by atoms with E-state index in [9.17, 15) is 9.59 Å². The summed E-state index contributed by atoms with van der Waals surface area (Å²) in [6, 6.07) is 9.32. The van der Waals surface area contributed by atoms with Crippen LogP contribution in [0.4, 0.5) is 0 Å². The molecule has 0 N–H and O–H groups in total. The maximum Gasteiger partial charge on any atom is 0.282 e. The van der Waals surface area contributed by atoms with Gasteiger partial charge in [0.05, 0.1) is 16.8 Å². The predicted octanol–water partition coefficient (Wildman–Crippen LogP) is 3.03. The first-order valence-corrected chi connectivity index (χ1v) is 9.56. The van der Waals surface area contributed by atoms with Gasteiger partial charge in [0, 0.05) is 32.0 Å². The maximum atomic E-state index is 13.2. The first kappa shape index (κ1) is 17.5. The fraction of sp³-hybridized carbons (Fsp3) is 0.381. The van der Waals surface area contributed by atoms with Crippen LogP contribution in [0.1, 0.15) is 37.0 Å². The maximum absolute atomic E-state index is 13.2. The molecule has 6 nitrogen and oxygen atoms in total. The number of fused-ring (bicyclic) bond motifs is 1. The highest BCUT2D eigenvalue weighted by Gasteiger charge is 2.29. The number of carbonyl (C=O) groups excluding carboxylic acids is 1. The monoisotopic (exact) mass is 364 g/mol. The van der Waals surface area contributed by atoms with Crippen LogP contribution in [0.5, 0.6) is 0 Å². The summed E-state index contributed by atoms with van der Waals surface area (Å²) in [7, 11) is 0. The minimum Gasteiger partial charge on any atom is -0.353 e. The zero-order valence-electron chi connectivity index (χ0n) is 15.8. The van der Waals surface area contributed by atoms with Crippen molar-refractivity contribution in [3.63, 3.8) is 0 Å². The smallest absolute Gasteiger partial charge is 0.282 e. The lowest BCUT2D eigenvalue weighted by molar-refractivity contribution is 0.0682. The minimum atomic E-state index is -0.194. The van der Waals surface area contributed by atoms with Gasteiger partial charge in [0.25, 0.3) is 11.5 Å². The number of likely N-dealkylation sites (tertiary alicyclic amines) is 1. The first-order valence-electron chi connectivity index (χ1n) is 9.56. The van der Waals surface area contributed by atoms with Gasteiger partial charge in [-0.2, -0.15) is 9.78 Å². The van der Waals surface area contributed by atoms with Crippen molar-refractivity contribution >= 4 is 5.91 Å². The Morgan fingerprint density at radius 3 is 2.70 bits per heavy atom. The van der Waals surface area contributed by atoms with E-state index in [1.54, 1.807) is 6.20 Å². The van der Waals surface area contributed by atoms with E-state index in [-0.39, 0.29) is 11.5 Å². The molecule has 1 fully saturated rings. The van der Waals surface area contributed by atoms with Crippen LogP contribution in [0.3, 0.4) is 0 Å². The number of hydrogen-bond donors (Lipinski definition) is 0. The highest BCUT2D eigenvalue weighted by molar-refractivity contribution is 6.00. The highest BCUT2D eigenvalue weighted by Crippen LogP contribution is 2.25. The summed E-state index contributed by atoms with van der Waals surface area (Å²) in [5.74, 6) is 0.462. The Morgan fingerprint density at radius 2 is 2.00 bits per heavy atom. The fourth-order valence-corrected chi connectivity index (χ4v) is 3.79. The van der Waals surface area contributed by atoms with Gasteiger partial charge in [0.15, 0.2) is 0 Å². The molecule has 0 unspecified atom stereocenters. The van der Waals surface area contributed by atoms with E-state index >= 15 is 0 Å². The summed E-state index contributed by atoms with van der Waals surface area (Å²) < 4.78 is 3.28. The minimum absolute atomic E-state index is 0.0351. The number of nitrogens with zero attached hydrogens (tertiary/aromatic N) is 4. The molecule has 0 spiro atoms. The zero-order valence-corrected chi connectivity index (χ0v) is 15.8. The average molecular weight is 364 g/mol. The van der Waals surface area contributed by atoms with Gasteiger partial charge in [0.1, 0.15) is 5.69 Å². The van der Waals surface area contributed by atoms with Crippen LogP contribution in [0.2, 0.25) is 0 Å². The third-order valence-electron chi connectivity index (χ3n) is 5.26. The molecule has 3 heterocycles. The number of hydrogen-bond acceptors (Lipinski definition) is 3. The van der Waals surface area contributed by atoms with Crippen LogP contribution >= 0.6 is 0 Å². The number of para-hydroxylation sites is 1. The molecule has 4 rings (SSSR count). The van der Waals surface area contributed by atoms with E-state index < -0.39 is 0 Å². The number of aryl methyl sites for hydroxylation is 1. The molecule has 0 radical (unpaired) electrons. The molecule has 0 saturated carbocycles. The van der Waals surface area contributed by atoms with Crippen LogP contribution in [0.25, 0.3) is 16.9 Å². The Labute approximate surface area is 158 Å². The van der Waals surface area contributed by atoms with Gasteiger partial charge in [-0.15, -0.1) is 0 Å². The second kappa shape index (κ2) is 7.02. The first-order chi connectivity index (χ1) is 13.1. The predicted molar refractivity (Wildman–Crippen MR) is 104 cm³/mol. The van der Waals surface area contributed by atoms with Crippen molar-refractivity contribution in [2.24, 2.45) is 5.92 Å². The molecular weight excluding hydrogens is 340 g/mol. The quantitative estimate of drug-likeness (QED) is 0.718. The van der Waals surface area contributed by atoms with Crippen molar-refractivity contribution in [2.75, 3.05) is 13.1 Å². The molecule has 140 valence electrons. The number of carbonyl (C=O) groups is 1. The number of pyridine rings is 1. The fourth-order valence-electron chi connectivity index (χ4n) is 3.79. The Bertz CT molecular complexity index is 989. The third-order valence-corrected chi connectivity index (χ3v) is 5.26. The van der Waals surface area contributed by atoms with Crippen LogP contribution in [-0.4, -0.2) is 38.2 Å². The molecule has 6 heteroatoms. The highest BCUT2D eigenvalue weighted by atomic mass is 16.2. The van der Waals surface area contributed by atoms with E-state index in [4.69, 9.17) is 0 Å². The standard InChI is InChI=1S/C21H24N4O2/c1-3-23-13-17(20(26)24-11-7-8-15(2)12-24)19-18(14-23)21(27)25(22-19)16-9-5-4-6-10-16/h4-6,9-10,13-15H,3,7-8,11-12H2,1-2H3/t15-/m1/s1. The molecule has 1 amide bonds. The van der Waals surface area contributed by atoms with Gasteiger partial charge >= 0.3 is 0 Å². The lowest BCUT2D eigenvalue weighted by atomic mass is 9.99. The number of piperidine rings is 1. The summed E-state index contributed by atoms with van der Waals surface area (Å²) in [6.07, 6.45) is 5.78. The van der Waals surface area contributed by atoms with Crippen molar-refractivity contribution in [1.82, 2.24) is 19.2 Å². The molecule has 1 aromatic carbocycles. The van der Waals surface area contributed by atoms with Crippen molar-refractivity contribution in [1.29, 1.82) is 0 Å². The molecule has 1 atom stereocenters. The van der Waals surface area contributed by atoms with Gasteiger partial charge in [0.2, 0.25) is 0 Å². The third kappa shape index (κ3) is 3.16. The van der Waals surface area contributed by atoms with E-state index in [1.807, 2.05) is 52.9 Å². The molecule has 27 heavy (non-hydrogen) atoms. The Hall–Kier alpha value is -2.89. The lowest BCUT2D eigenvalue weighted by Crippen LogP contribution is -2.39. The van der Waals surface area contributed by atoms with E-state index in [0.717, 1.165) is 25.9 Å². The van der Waals surface area contributed by atoms with Crippen molar-refractivity contribution < 1.29 is 4.79 Å². The molecule has 0 aliphatic carbocycles. The summed E-state index contributed by atoms with van der Waals surface area (Å²) in [6.45, 7) is 6.37. The lowest BCUT2D eigenvalue weighted by Gasteiger charge is -2.31. The second-order valence-electron chi connectivity index (χ2n) is 7.32. The van der Waals surface area contributed by atoms with E-state index in [1.165, 1.54) is 4.68 Å². The van der Waals surface area contributed by atoms with Crippen LogP contribution in [0, 0.1) is 5.92 Å². The Kier molecular flexibility index (Phi) is 4.56. The van der Waals surface area contributed by atoms with Gasteiger partial charge in [-0.05, 0) is 37.8 Å². The molecule has 0 bridgehead atoms. The summed E-state index contributed by atoms with van der Waals surface area (Å²) in [5, 5.41) is 4.54. The topological polar surface area (TPSA) is 60.1 Å². The summed E-state index contributed by atoms with van der Waals surface area (Å²) in [4.78, 5) is 28.1. The molecule has 0 aromatic heterocycles. The SMILES string of the molecule is CCn1cc(C(=O)N2CCC[C@@H](C)C2)c2nn(-c3ccccc3)c(=O)c-2c1. The number of benzene rings is 1. The molecule has 3 aliphatic rings. The van der Waals surface area contributed by atoms with Crippen LogP contribution < -0.4 is 5.56 Å². The normalized spacial score (nSPS) is 17.4.